The molecule has 1 aliphatic carbocycles. The van der Waals surface area contributed by atoms with Crippen LogP contribution < -0.4 is 10.2 Å². The molecule has 1 aromatic heterocycles. The van der Waals surface area contributed by atoms with Crippen LogP contribution in [0, 0.1) is 24.2 Å². The molecule has 0 bridgehead atoms. The van der Waals surface area contributed by atoms with E-state index in [1.807, 2.05) is 30.0 Å². The maximum atomic E-state index is 12.7. The minimum atomic E-state index is -1.72. The number of nitriles is 1. The Bertz CT molecular complexity index is 1000. The highest BCUT2D eigenvalue weighted by atomic mass is 32.2. The maximum absolute atomic E-state index is 12.7. The number of carbonyl (C=O) groups excluding carboxylic acids is 1. The van der Waals surface area contributed by atoms with Gasteiger partial charge in [0.05, 0.1) is 28.2 Å². The first kappa shape index (κ1) is 23.1. The molecular formula is C23H28N4O3S2. The summed E-state index contributed by atoms with van der Waals surface area (Å²) in [5, 5.41) is 30.8. The van der Waals surface area contributed by atoms with Gasteiger partial charge in [-0.05, 0) is 37.5 Å². The smallest absolute Gasteiger partial charge is 0.231 e. The number of thioether (sulfide) groups is 1. The van der Waals surface area contributed by atoms with Crippen molar-refractivity contribution >= 4 is 34.7 Å². The van der Waals surface area contributed by atoms with Gasteiger partial charge in [0.25, 0.3) is 0 Å². The zero-order valence-electron chi connectivity index (χ0n) is 18.1. The van der Waals surface area contributed by atoms with Gasteiger partial charge in [-0.25, -0.2) is 4.98 Å². The Morgan fingerprint density at radius 2 is 2.06 bits per heavy atom. The van der Waals surface area contributed by atoms with Crippen LogP contribution in [-0.4, -0.2) is 51.6 Å². The number of aromatic nitrogens is 1. The highest BCUT2D eigenvalue weighted by Crippen LogP contribution is 2.44. The fourth-order valence-corrected chi connectivity index (χ4v) is 6.55. The van der Waals surface area contributed by atoms with Crippen molar-refractivity contribution in [3.8, 4) is 16.5 Å². The Balaban J connectivity index is 1.59. The summed E-state index contributed by atoms with van der Waals surface area (Å²) in [6.07, 6.45) is 3.81. The summed E-state index contributed by atoms with van der Waals surface area (Å²) in [4.78, 5) is 20.7. The van der Waals surface area contributed by atoms with Crippen molar-refractivity contribution in [2.45, 2.75) is 43.6 Å². The van der Waals surface area contributed by atoms with Gasteiger partial charge in [0.1, 0.15) is 6.54 Å². The van der Waals surface area contributed by atoms with E-state index in [9.17, 15) is 15.0 Å². The largest absolute Gasteiger partial charge is 0.364 e. The van der Waals surface area contributed by atoms with E-state index in [0.29, 0.717) is 5.75 Å². The van der Waals surface area contributed by atoms with E-state index in [1.54, 1.807) is 11.3 Å². The number of anilines is 1. The molecule has 1 aromatic carbocycles. The number of β-amino-alcohol motifs (C(OH)–C–C–N with tert-alkyl or cyclic N) is 2. The number of nitrogens with zero attached hydrogens (tertiary/aromatic N) is 3. The van der Waals surface area contributed by atoms with Gasteiger partial charge in [-0.2, -0.15) is 5.26 Å². The van der Waals surface area contributed by atoms with Crippen LogP contribution in [0.4, 0.5) is 5.69 Å². The molecular weight excluding hydrogens is 444 g/mol. The third kappa shape index (κ3) is 5.09. The van der Waals surface area contributed by atoms with Gasteiger partial charge in [-0.15, -0.1) is 11.3 Å². The summed E-state index contributed by atoms with van der Waals surface area (Å²) < 4.78 is 0. The fraction of sp³-hybridized carbons (Fsp3) is 0.522. The van der Waals surface area contributed by atoms with Crippen LogP contribution in [0.3, 0.4) is 0 Å². The van der Waals surface area contributed by atoms with Crippen molar-refractivity contribution in [2.24, 2.45) is 5.92 Å². The molecule has 7 nitrogen and oxygen atoms in total. The van der Waals surface area contributed by atoms with Gasteiger partial charge in [0, 0.05) is 29.8 Å². The molecule has 4 rings (SSSR count). The number of amides is 1. The summed E-state index contributed by atoms with van der Waals surface area (Å²) in [7, 11) is 0. The van der Waals surface area contributed by atoms with E-state index < -0.39 is 5.12 Å². The van der Waals surface area contributed by atoms with Crippen molar-refractivity contribution in [1.82, 2.24) is 10.3 Å². The highest BCUT2D eigenvalue weighted by Gasteiger charge is 2.35. The Kier molecular flexibility index (Phi) is 7.05. The summed E-state index contributed by atoms with van der Waals surface area (Å²) in [5.41, 5.74) is 2.99. The molecule has 0 radical (unpaired) electrons. The van der Waals surface area contributed by atoms with Gasteiger partial charge < -0.3 is 20.4 Å². The molecule has 170 valence electrons. The van der Waals surface area contributed by atoms with Gasteiger partial charge in [0.2, 0.25) is 11.0 Å². The molecule has 3 N–H and O–H groups in total. The van der Waals surface area contributed by atoms with Gasteiger partial charge >= 0.3 is 0 Å². The Morgan fingerprint density at radius 3 is 2.78 bits per heavy atom. The molecule has 2 unspecified atom stereocenters. The van der Waals surface area contributed by atoms with Gasteiger partial charge in [-0.3, -0.25) is 4.79 Å². The third-order valence-corrected chi connectivity index (χ3v) is 8.16. The lowest BCUT2D eigenvalue weighted by Gasteiger charge is -2.36. The minimum absolute atomic E-state index is 0.0322. The standard InChI is InChI=1S/C23H28N4O3S2/c1-15-26-20(18-4-2-3-5-19(18)22(28)25-11-10-24)21(32-15)16-6-8-17(9-7-16)27-12-13-31-23(29,30)14-27/h6-9,18-19,29-30H,2-5,11-14H2,1H3,(H,25,28). The lowest BCUT2D eigenvalue weighted by Crippen LogP contribution is -2.46. The number of rotatable bonds is 5. The molecule has 1 saturated heterocycles. The van der Waals surface area contributed by atoms with E-state index in [1.165, 1.54) is 0 Å². The Labute approximate surface area is 196 Å². The molecule has 9 heteroatoms. The first-order valence-corrected chi connectivity index (χ1v) is 12.7. The number of benzene rings is 1. The van der Waals surface area contributed by atoms with Crippen LogP contribution >= 0.6 is 23.1 Å². The lowest BCUT2D eigenvalue weighted by molar-refractivity contribution is -0.126. The molecule has 2 heterocycles. The van der Waals surface area contributed by atoms with E-state index in [0.717, 1.165) is 70.8 Å². The topological polar surface area (TPSA) is 109 Å². The first-order chi connectivity index (χ1) is 15.4. The minimum Gasteiger partial charge on any atom is -0.364 e. The molecule has 1 amide bonds. The zero-order chi connectivity index (χ0) is 22.7. The number of carbonyl (C=O) groups is 1. The number of aryl methyl sites for hydroxylation is 1. The fourth-order valence-electron chi connectivity index (χ4n) is 4.67. The molecule has 2 aromatic rings. The van der Waals surface area contributed by atoms with Gasteiger partial charge in [0.15, 0.2) is 0 Å². The summed E-state index contributed by atoms with van der Waals surface area (Å²) in [6, 6.07) is 10.1. The quantitative estimate of drug-likeness (QED) is 0.453. The monoisotopic (exact) mass is 472 g/mol. The van der Waals surface area contributed by atoms with E-state index in [-0.39, 0.29) is 30.8 Å². The second-order valence-corrected chi connectivity index (χ2v) is 10.9. The second-order valence-electron chi connectivity index (χ2n) is 8.38. The Morgan fingerprint density at radius 1 is 1.31 bits per heavy atom. The lowest BCUT2D eigenvalue weighted by atomic mass is 9.76. The molecule has 1 saturated carbocycles. The number of hydrogen-bond acceptors (Lipinski definition) is 8. The predicted molar refractivity (Wildman–Crippen MR) is 127 cm³/mol. The molecule has 32 heavy (non-hydrogen) atoms. The average Bonchev–Trinajstić information content (AvgIpc) is 3.18. The van der Waals surface area contributed by atoms with E-state index in [2.05, 4.69) is 17.4 Å². The molecule has 2 atom stereocenters. The summed E-state index contributed by atoms with van der Waals surface area (Å²) >= 11 is 2.80. The molecule has 0 spiro atoms. The van der Waals surface area contributed by atoms with E-state index in [4.69, 9.17) is 10.2 Å². The summed E-state index contributed by atoms with van der Waals surface area (Å²) in [5.74, 6) is 0.488. The molecule has 1 aliphatic heterocycles. The van der Waals surface area contributed by atoms with Crippen LogP contribution in [0.5, 0.6) is 0 Å². The van der Waals surface area contributed by atoms with Gasteiger partial charge in [-0.1, -0.05) is 36.7 Å². The number of hydrogen-bond donors (Lipinski definition) is 3. The van der Waals surface area contributed by atoms with Crippen molar-refractivity contribution in [1.29, 1.82) is 5.26 Å². The normalized spacial score (nSPS) is 22.9. The van der Waals surface area contributed by atoms with Crippen LogP contribution in [0.15, 0.2) is 24.3 Å². The molecule has 2 aliphatic rings. The summed E-state index contributed by atoms with van der Waals surface area (Å²) in [6.45, 7) is 2.96. The first-order valence-electron chi connectivity index (χ1n) is 10.9. The zero-order valence-corrected chi connectivity index (χ0v) is 19.7. The van der Waals surface area contributed by atoms with Crippen LogP contribution in [0.25, 0.3) is 10.4 Å². The van der Waals surface area contributed by atoms with Crippen LogP contribution in [-0.2, 0) is 4.79 Å². The third-order valence-electron chi connectivity index (χ3n) is 6.14. The highest BCUT2D eigenvalue weighted by molar-refractivity contribution is 8.00. The van der Waals surface area contributed by atoms with Crippen molar-refractivity contribution in [3.63, 3.8) is 0 Å². The number of nitrogens with one attached hydrogen (secondary N) is 1. The number of aliphatic hydroxyl groups is 2. The molecule has 2 fully saturated rings. The second kappa shape index (κ2) is 9.79. The van der Waals surface area contributed by atoms with Crippen molar-refractivity contribution in [3.05, 3.63) is 35.0 Å². The van der Waals surface area contributed by atoms with Crippen LogP contribution in [0.2, 0.25) is 0 Å². The van der Waals surface area contributed by atoms with E-state index >= 15 is 0 Å². The number of thiazole rings is 1. The SMILES string of the molecule is Cc1nc(C2CCCCC2C(=O)NCC#N)c(-c2ccc(N3CCSC(O)(O)C3)cc2)s1. The average molecular weight is 473 g/mol. The Hall–Kier alpha value is -2.12. The predicted octanol–water partition coefficient (Wildman–Crippen LogP) is 3.22. The van der Waals surface area contributed by atoms with Crippen molar-refractivity contribution in [2.75, 3.05) is 30.3 Å². The van der Waals surface area contributed by atoms with Crippen LogP contribution in [0.1, 0.15) is 42.3 Å². The van der Waals surface area contributed by atoms with Crippen molar-refractivity contribution < 1.29 is 15.0 Å². The maximum Gasteiger partial charge on any atom is 0.231 e.